The second-order valence-corrected chi connectivity index (χ2v) is 3.28. The van der Waals surface area contributed by atoms with Crippen LogP contribution in [0, 0.1) is 0 Å². The molecule has 1 nitrogen and oxygen atoms in total. The van der Waals surface area contributed by atoms with Crippen LogP contribution in [0.3, 0.4) is 0 Å². The Morgan fingerprint density at radius 2 is 2.17 bits per heavy atom. The van der Waals surface area contributed by atoms with Gasteiger partial charge in [-0.05, 0) is 33.1 Å². The van der Waals surface area contributed by atoms with Crippen LogP contribution in [0.15, 0.2) is 23.3 Å². The molecular weight excluding hydrogens is 148 g/mol. The summed E-state index contributed by atoms with van der Waals surface area (Å²) in [6.07, 6.45) is 8.05. The molecule has 0 aromatic carbocycles. The van der Waals surface area contributed by atoms with E-state index in [9.17, 15) is 0 Å². The van der Waals surface area contributed by atoms with Crippen LogP contribution in [-0.4, -0.2) is 13.2 Å². The van der Waals surface area contributed by atoms with E-state index >= 15 is 0 Å². The van der Waals surface area contributed by atoms with Crippen LogP contribution in [0.4, 0.5) is 0 Å². The Morgan fingerprint density at radius 3 is 2.75 bits per heavy atom. The van der Waals surface area contributed by atoms with Gasteiger partial charge in [0, 0.05) is 6.61 Å². The molecule has 0 heterocycles. The van der Waals surface area contributed by atoms with Gasteiger partial charge in [0.15, 0.2) is 0 Å². The zero-order valence-electron chi connectivity index (χ0n) is 8.10. The normalized spacial score (nSPS) is 17.2. The molecule has 0 bridgehead atoms. The Bertz CT molecular complexity index is 189. The van der Waals surface area contributed by atoms with Gasteiger partial charge in [-0.2, -0.15) is 0 Å². The fourth-order valence-corrected chi connectivity index (χ4v) is 1.34. The van der Waals surface area contributed by atoms with Gasteiger partial charge in [0.05, 0.1) is 6.61 Å². The zero-order valence-corrected chi connectivity index (χ0v) is 8.10. The van der Waals surface area contributed by atoms with Crippen molar-refractivity contribution >= 4 is 0 Å². The topological polar surface area (TPSA) is 9.23 Å². The molecule has 1 heteroatoms. The van der Waals surface area contributed by atoms with Crippen molar-refractivity contribution < 1.29 is 4.74 Å². The molecule has 0 aromatic heterocycles. The van der Waals surface area contributed by atoms with Crippen LogP contribution in [0.5, 0.6) is 0 Å². The zero-order chi connectivity index (χ0) is 8.81. The molecule has 0 fully saturated rings. The Morgan fingerprint density at radius 1 is 1.33 bits per heavy atom. The van der Waals surface area contributed by atoms with Crippen LogP contribution in [0.25, 0.3) is 0 Å². The number of ether oxygens (including phenoxy) is 1. The summed E-state index contributed by atoms with van der Waals surface area (Å²) in [6.45, 7) is 5.95. The second kappa shape index (κ2) is 5.15. The highest BCUT2D eigenvalue weighted by Crippen LogP contribution is 2.19. The Hall–Kier alpha value is -0.560. The van der Waals surface area contributed by atoms with Crippen molar-refractivity contribution in [2.45, 2.75) is 33.1 Å². The van der Waals surface area contributed by atoms with Gasteiger partial charge in [0.25, 0.3) is 0 Å². The molecule has 0 N–H and O–H groups in total. The molecule has 0 atom stereocenters. The highest BCUT2D eigenvalue weighted by Gasteiger charge is 2.02. The highest BCUT2D eigenvalue weighted by molar-refractivity contribution is 5.22. The summed E-state index contributed by atoms with van der Waals surface area (Å²) in [5, 5.41) is 0. The molecule has 0 unspecified atom stereocenters. The average Bonchev–Trinajstić information content (AvgIpc) is 2.09. The molecule has 0 amide bonds. The Balaban J connectivity index is 2.24. The maximum atomic E-state index is 5.30. The highest BCUT2D eigenvalue weighted by atomic mass is 16.5. The van der Waals surface area contributed by atoms with Gasteiger partial charge in [-0.1, -0.05) is 23.3 Å². The van der Waals surface area contributed by atoms with E-state index in [1.54, 1.807) is 0 Å². The van der Waals surface area contributed by atoms with E-state index in [1.165, 1.54) is 24.0 Å². The maximum Gasteiger partial charge on any atom is 0.0503 e. The van der Waals surface area contributed by atoms with Gasteiger partial charge in [-0.15, -0.1) is 0 Å². The van der Waals surface area contributed by atoms with E-state index in [0.29, 0.717) is 0 Å². The van der Waals surface area contributed by atoms with Crippen LogP contribution >= 0.6 is 0 Å². The van der Waals surface area contributed by atoms with Gasteiger partial charge in [-0.3, -0.25) is 0 Å². The first-order valence-electron chi connectivity index (χ1n) is 4.76. The lowest BCUT2D eigenvalue weighted by Crippen LogP contribution is -1.98. The van der Waals surface area contributed by atoms with Gasteiger partial charge < -0.3 is 4.74 Å². The third kappa shape index (κ3) is 3.22. The van der Waals surface area contributed by atoms with Crippen molar-refractivity contribution in [1.29, 1.82) is 0 Å². The maximum absolute atomic E-state index is 5.30. The molecule has 0 radical (unpaired) electrons. The minimum Gasteiger partial charge on any atom is -0.381 e. The summed E-state index contributed by atoms with van der Waals surface area (Å²) >= 11 is 0. The van der Waals surface area contributed by atoms with Gasteiger partial charge >= 0.3 is 0 Å². The van der Waals surface area contributed by atoms with Crippen molar-refractivity contribution in [3.8, 4) is 0 Å². The predicted molar refractivity (Wildman–Crippen MR) is 52.2 cm³/mol. The molecular formula is C11H18O. The number of allylic oxidation sites excluding steroid dienone is 3. The molecule has 12 heavy (non-hydrogen) atoms. The number of hydrogen-bond donors (Lipinski definition) is 0. The lowest BCUT2D eigenvalue weighted by Gasteiger charge is -2.11. The summed E-state index contributed by atoms with van der Waals surface area (Å²) < 4.78 is 5.30. The quantitative estimate of drug-likeness (QED) is 0.583. The van der Waals surface area contributed by atoms with Crippen molar-refractivity contribution in [2.24, 2.45) is 0 Å². The van der Waals surface area contributed by atoms with Crippen LogP contribution in [-0.2, 0) is 4.74 Å². The van der Waals surface area contributed by atoms with E-state index in [0.717, 1.165) is 19.6 Å². The van der Waals surface area contributed by atoms with E-state index in [4.69, 9.17) is 4.74 Å². The predicted octanol–water partition coefficient (Wildman–Crippen LogP) is 3.08. The lowest BCUT2D eigenvalue weighted by atomic mass is 9.98. The van der Waals surface area contributed by atoms with E-state index < -0.39 is 0 Å². The summed E-state index contributed by atoms with van der Waals surface area (Å²) in [7, 11) is 0. The van der Waals surface area contributed by atoms with Crippen LogP contribution < -0.4 is 0 Å². The SMILES string of the molecule is CCOCCC1=CC=C(C)CC1. The van der Waals surface area contributed by atoms with Crippen LogP contribution in [0.1, 0.15) is 33.1 Å². The first kappa shape index (κ1) is 9.53. The third-order valence-corrected chi connectivity index (χ3v) is 2.22. The summed E-state index contributed by atoms with van der Waals surface area (Å²) in [5.41, 5.74) is 3.03. The molecule has 0 saturated carbocycles. The number of hydrogen-bond acceptors (Lipinski definition) is 1. The fourth-order valence-electron chi connectivity index (χ4n) is 1.34. The van der Waals surface area contributed by atoms with Crippen molar-refractivity contribution in [2.75, 3.05) is 13.2 Å². The molecule has 0 saturated heterocycles. The van der Waals surface area contributed by atoms with Crippen molar-refractivity contribution in [3.05, 3.63) is 23.3 Å². The Kier molecular flexibility index (Phi) is 4.09. The van der Waals surface area contributed by atoms with Crippen LogP contribution in [0.2, 0.25) is 0 Å². The lowest BCUT2D eigenvalue weighted by molar-refractivity contribution is 0.150. The van der Waals surface area contributed by atoms with E-state index in [1.807, 2.05) is 6.92 Å². The minimum atomic E-state index is 0.835. The third-order valence-electron chi connectivity index (χ3n) is 2.22. The van der Waals surface area contributed by atoms with Crippen molar-refractivity contribution in [3.63, 3.8) is 0 Å². The molecule has 1 rings (SSSR count). The summed E-state index contributed by atoms with van der Waals surface area (Å²) in [4.78, 5) is 0. The minimum absolute atomic E-state index is 0.835. The average molecular weight is 166 g/mol. The molecule has 0 aliphatic heterocycles. The first-order valence-corrected chi connectivity index (χ1v) is 4.76. The first-order chi connectivity index (χ1) is 5.83. The fraction of sp³-hybridized carbons (Fsp3) is 0.636. The van der Waals surface area contributed by atoms with Crippen molar-refractivity contribution in [1.82, 2.24) is 0 Å². The smallest absolute Gasteiger partial charge is 0.0503 e. The molecule has 68 valence electrons. The molecule has 1 aliphatic rings. The van der Waals surface area contributed by atoms with Gasteiger partial charge in [-0.25, -0.2) is 0 Å². The van der Waals surface area contributed by atoms with Gasteiger partial charge in [0.1, 0.15) is 0 Å². The monoisotopic (exact) mass is 166 g/mol. The number of rotatable bonds is 4. The van der Waals surface area contributed by atoms with E-state index in [-0.39, 0.29) is 0 Å². The molecule has 0 spiro atoms. The largest absolute Gasteiger partial charge is 0.381 e. The van der Waals surface area contributed by atoms with E-state index in [2.05, 4.69) is 19.1 Å². The summed E-state index contributed by atoms with van der Waals surface area (Å²) in [6, 6.07) is 0. The standard InChI is InChI=1S/C11H18O/c1-3-12-9-8-11-6-4-10(2)5-7-11/h4,6H,3,5,7-9H2,1-2H3. The molecule has 1 aliphatic carbocycles. The van der Waals surface area contributed by atoms with Gasteiger partial charge in [0.2, 0.25) is 0 Å². The molecule has 0 aromatic rings. The second-order valence-electron chi connectivity index (χ2n) is 3.28. The summed E-state index contributed by atoms with van der Waals surface area (Å²) in [5.74, 6) is 0. The Labute approximate surface area is 75.1 Å².